The van der Waals surface area contributed by atoms with Gasteiger partial charge < -0.3 is 29.0 Å². The van der Waals surface area contributed by atoms with Crippen LogP contribution in [0.3, 0.4) is 0 Å². The summed E-state index contributed by atoms with van der Waals surface area (Å²) in [6.07, 6.45) is 3.46. The third-order valence-electron chi connectivity index (χ3n) is 4.51. The first kappa shape index (κ1) is 25.6. The third-order valence-corrected chi connectivity index (χ3v) is 4.51. The lowest BCUT2D eigenvalue weighted by Crippen LogP contribution is -2.30. The van der Waals surface area contributed by atoms with Gasteiger partial charge in [-0.3, -0.25) is 4.79 Å². The Morgan fingerprint density at radius 2 is 1.58 bits per heavy atom. The zero-order valence-corrected chi connectivity index (χ0v) is 19.5. The molecule has 0 fully saturated rings. The van der Waals surface area contributed by atoms with E-state index in [1.54, 1.807) is 38.5 Å². The molecule has 2 rings (SSSR count). The van der Waals surface area contributed by atoms with E-state index < -0.39 is 5.97 Å². The minimum absolute atomic E-state index is 0.359. The Bertz CT molecular complexity index is 956. The number of carbonyl (C=O) groups is 2. The molecule has 0 aliphatic rings. The summed E-state index contributed by atoms with van der Waals surface area (Å²) in [5.41, 5.74) is 1.73. The summed E-state index contributed by atoms with van der Waals surface area (Å²) in [4.78, 5) is 23.9. The Morgan fingerprint density at radius 3 is 2.27 bits per heavy atom. The fraction of sp³-hybridized carbons (Fsp3) is 0.360. The topological polar surface area (TPSA) is 92.3 Å². The summed E-state index contributed by atoms with van der Waals surface area (Å²) < 4.78 is 26.6. The number of hydrogen-bond acceptors (Lipinski definition) is 7. The molecule has 0 aromatic heterocycles. The Kier molecular flexibility index (Phi) is 10.6. The first-order valence-corrected chi connectivity index (χ1v) is 10.7. The lowest BCUT2D eigenvalue weighted by molar-refractivity contribution is -0.143. The van der Waals surface area contributed by atoms with Crippen LogP contribution in [-0.4, -0.2) is 52.5 Å². The van der Waals surface area contributed by atoms with Gasteiger partial charge in [0.05, 0.1) is 27.4 Å². The maximum absolute atomic E-state index is 12.0. The van der Waals surface area contributed by atoms with Crippen molar-refractivity contribution < 1.29 is 33.3 Å². The van der Waals surface area contributed by atoms with Gasteiger partial charge >= 0.3 is 5.97 Å². The van der Waals surface area contributed by atoms with Gasteiger partial charge in [0.1, 0.15) is 0 Å². The van der Waals surface area contributed by atoms with Gasteiger partial charge in [-0.05, 0) is 61.7 Å². The Labute approximate surface area is 194 Å². The van der Waals surface area contributed by atoms with Crippen molar-refractivity contribution in [3.05, 3.63) is 53.6 Å². The van der Waals surface area contributed by atoms with E-state index in [1.165, 1.54) is 6.08 Å². The van der Waals surface area contributed by atoms with Crippen LogP contribution in [0, 0.1) is 0 Å². The van der Waals surface area contributed by atoms with Crippen molar-refractivity contribution >= 4 is 18.0 Å². The van der Waals surface area contributed by atoms with Crippen LogP contribution in [0.4, 0.5) is 0 Å². The fourth-order valence-corrected chi connectivity index (χ4v) is 2.95. The van der Waals surface area contributed by atoms with Crippen LogP contribution >= 0.6 is 0 Å². The van der Waals surface area contributed by atoms with Gasteiger partial charge in [-0.25, -0.2) is 4.79 Å². The van der Waals surface area contributed by atoms with Gasteiger partial charge in [-0.2, -0.15) is 0 Å². The average molecular weight is 458 g/mol. The van der Waals surface area contributed by atoms with Crippen molar-refractivity contribution in [2.45, 2.75) is 20.3 Å². The first-order chi connectivity index (χ1) is 16.0. The second kappa shape index (κ2) is 13.7. The molecular formula is C25H31NO7. The smallest absolute Gasteiger partial charge is 0.331 e. The fourth-order valence-electron chi connectivity index (χ4n) is 2.95. The highest BCUT2D eigenvalue weighted by Crippen LogP contribution is 2.29. The van der Waals surface area contributed by atoms with Crippen molar-refractivity contribution in [2.24, 2.45) is 0 Å². The molecule has 8 heteroatoms. The maximum Gasteiger partial charge on any atom is 0.331 e. The Balaban J connectivity index is 1.78. The van der Waals surface area contributed by atoms with Gasteiger partial charge in [0.25, 0.3) is 5.91 Å². The van der Waals surface area contributed by atoms with E-state index >= 15 is 0 Å². The molecule has 0 heterocycles. The summed E-state index contributed by atoms with van der Waals surface area (Å²) in [7, 11) is 3.14. The predicted octanol–water partition coefficient (Wildman–Crippen LogP) is 3.42. The molecule has 1 N–H and O–H groups in total. The van der Waals surface area contributed by atoms with E-state index in [9.17, 15) is 9.59 Å². The highest BCUT2D eigenvalue weighted by molar-refractivity contribution is 5.89. The zero-order valence-electron chi connectivity index (χ0n) is 19.5. The zero-order chi connectivity index (χ0) is 24.1. The van der Waals surface area contributed by atoms with Crippen LogP contribution in [0.5, 0.6) is 23.0 Å². The first-order valence-electron chi connectivity index (χ1n) is 10.7. The van der Waals surface area contributed by atoms with Gasteiger partial charge in [-0.15, -0.1) is 0 Å². The van der Waals surface area contributed by atoms with Crippen molar-refractivity contribution in [3.8, 4) is 23.0 Å². The largest absolute Gasteiger partial charge is 0.493 e. The molecule has 0 saturated heterocycles. The molecule has 0 unspecified atom stereocenters. The van der Waals surface area contributed by atoms with E-state index in [-0.39, 0.29) is 12.5 Å². The second-order valence-electron chi connectivity index (χ2n) is 6.80. The number of hydrogen-bond donors (Lipinski definition) is 1. The molecule has 0 saturated carbocycles. The van der Waals surface area contributed by atoms with Gasteiger partial charge in [0.15, 0.2) is 29.6 Å². The van der Waals surface area contributed by atoms with Gasteiger partial charge in [0, 0.05) is 12.6 Å². The molecule has 0 atom stereocenters. The lowest BCUT2D eigenvalue weighted by atomic mass is 10.1. The quantitative estimate of drug-likeness (QED) is 0.364. The lowest BCUT2D eigenvalue weighted by Gasteiger charge is -2.11. The van der Waals surface area contributed by atoms with E-state index in [4.69, 9.17) is 23.7 Å². The molecule has 8 nitrogen and oxygen atoms in total. The Hall–Kier alpha value is -3.68. The van der Waals surface area contributed by atoms with Crippen LogP contribution in [-0.2, 0) is 20.7 Å². The Morgan fingerprint density at radius 1 is 0.879 bits per heavy atom. The number of rotatable bonds is 13. The van der Waals surface area contributed by atoms with Crippen LogP contribution < -0.4 is 24.3 Å². The summed E-state index contributed by atoms with van der Waals surface area (Å²) in [5, 5.41) is 2.72. The van der Waals surface area contributed by atoms with Crippen LogP contribution in [0.2, 0.25) is 0 Å². The summed E-state index contributed by atoms with van der Waals surface area (Å²) in [6, 6.07) is 10.9. The standard InChI is InChI=1S/C25H31NO7/c1-5-31-21-11-8-18(16-23(21)32-6-2)9-12-25(28)33-17-24(27)26-14-13-19-7-10-20(29-3)22(15-19)30-4/h7-12,15-16H,5-6,13-14,17H2,1-4H3,(H,26,27)/b12-9+. The minimum atomic E-state index is -0.614. The molecule has 2 aromatic rings. The van der Waals surface area contributed by atoms with Crippen molar-refractivity contribution in [3.63, 3.8) is 0 Å². The number of ether oxygens (including phenoxy) is 5. The average Bonchev–Trinajstić information content (AvgIpc) is 2.83. The molecular weight excluding hydrogens is 426 g/mol. The molecule has 0 aliphatic carbocycles. The molecule has 178 valence electrons. The number of amides is 1. The number of methoxy groups -OCH3 is 2. The molecule has 33 heavy (non-hydrogen) atoms. The number of nitrogens with one attached hydrogen (secondary N) is 1. The predicted molar refractivity (Wildman–Crippen MR) is 125 cm³/mol. The summed E-state index contributed by atoms with van der Waals surface area (Å²) in [6.45, 7) is 4.84. The number of carbonyl (C=O) groups excluding carboxylic acids is 2. The van der Waals surface area contributed by atoms with E-state index in [0.717, 1.165) is 11.1 Å². The summed E-state index contributed by atoms with van der Waals surface area (Å²) in [5.74, 6) is 1.52. The van der Waals surface area contributed by atoms with Crippen molar-refractivity contribution in [1.29, 1.82) is 0 Å². The summed E-state index contributed by atoms with van der Waals surface area (Å²) >= 11 is 0. The number of esters is 1. The molecule has 0 aliphatic heterocycles. The van der Waals surface area contributed by atoms with Crippen LogP contribution in [0.1, 0.15) is 25.0 Å². The molecule has 0 spiro atoms. The van der Waals surface area contributed by atoms with Crippen LogP contribution in [0.15, 0.2) is 42.5 Å². The van der Waals surface area contributed by atoms with E-state index in [1.807, 2.05) is 32.0 Å². The normalized spacial score (nSPS) is 10.5. The second-order valence-corrected chi connectivity index (χ2v) is 6.80. The number of benzene rings is 2. The van der Waals surface area contributed by atoms with Gasteiger partial charge in [-0.1, -0.05) is 12.1 Å². The molecule has 0 radical (unpaired) electrons. The van der Waals surface area contributed by atoms with Crippen LogP contribution in [0.25, 0.3) is 6.08 Å². The monoisotopic (exact) mass is 457 g/mol. The van der Waals surface area contributed by atoms with Crippen molar-refractivity contribution in [1.82, 2.24) is 5.32 Å². The molecule has 0 bridgehead atoms. The highest BCUT2D eigenvalue weighted by atomic mass is 16.5. The van der Waals surface area contributed by atoms with E-state index in [2.05, 4.69) is 5.32 Å². The van der Waals surface area contributed by atoms with Gasteiger partial charge in [0.2, 0.25) is 0 Å². The molecule has 2 aromatic carbocycles. The van der Waals surface area contributed by atoms with Crippen molar-refractivity contribution in [2.75, 3.05) is 40.6 Å². The SMILES string of the molecule is CCOc1ccc(/C=C/C(=O)OCC(=O)NCCc2ccc(OC)c(OC)c2)cc1OCC. The highest BCUT2D eigenvalue weighted by Gasteiger charge is 2.08. The third kappa shape index (κ3) is 8.40. The molecule has 1 amide bonds. The maximum atomic E-state index is 12.0. The van der Waals surface area contributed by atoms with E-state index in [0.29, 0.717) is 49.2 Å². The minimum Gasteiger partial charge on any atom is -0.493 e.